The van der Waals surface area contributed by atoms with Gasteiger partial charge < -0.3 is 14.4 Å². The zero-order valence-corrected chi connectivity index (χ0v) is 19.3. The van der Waals surface area contributed by atoms with Crippen LogP contribution < -0.4 is 19.9 Å². The van der Waals surface area contributed by atoms with Gasteiger partial charge in [0.1, 0.15) is 12.1 Å². The van der Waals surface area contributed by atoms with Gasteiger partial charge in [0.05, 0.1) is 37.0 Å². The van der Waals surface area contributed by atoms with Crippen LogP contribution in [0.1, 0.15) is 36.2 Å². The normalized spacial score (nSPS) is 14.5. The van der Waals surface area contributed by atoms with Gasteiger partial charge in [0.15, 0.2) is 17.3 Å². The summed E-state index contributed by atoms with van der Waals surface area (Å²) in [6, 6.07) is 8.85. The Morgan fingerprint density at radius 2 is 1.68 bits per heavy atom. The predicted octanol–water partition coefficient (Wildman–Crippen LogP) is 3.40. The van der Waals surface area contributed by atoms with E-state index >= 15 is 0 Å². The van der Waals surface area contributed by atoms with E-state index < -0.39 is 0 Å². The molecule has 3 heterocycles. The fourth-order valence-electron chi connectivity index (χ4n) is 4.59. The third kappa shape index (κ3) is 3.72. The lowest BCUT2D eigenvalue weighted by Gasteiger charge is -2.34. The number of Topliss-reactive ketones (excluding diaryl/α,β-unsaturated/α-hetero) is 1. The van der Waals surface area contributed by atoms with E-state index in [0.717, 1.165) is 42.7 Å². The molecule has 174 valence electrons. The molecular formula is C25H25N5O4. The molecule has 0 atom stereocenters. The molecule has 0 spiro atoms. The lowest BCUT2D eigenvalue weighted by molar-refractivity contribution is 0.101. The van der Waals surface area contributed by atoms with Crippen LogP contribution in [0.4, 0.5) is 5.82 Å². The molecule has 34 heavy (non-hydrogen) atoms. The molecule has 0 saturated carbocycles. The van der Waals surface area contributed by atoms with E-state index in [1.54, 1.807) is 49.6 Å². The lowest BCUT2D eigenvalue weighted by Crippen LogP contribution is -2.38. The van der Waals surface area contributed by atoms with E-state index in [4.69, 9.17) is 9.47 Å². The van der Waals surface area contributed by atoms with Gasteiger partial charge in [0.25, 0.3) is 5.56 Å². The molecule has 1 aliphatic rings. The van der Waals surface area contributed by atoms with Crippen LogP contribution in [0.2, 0.25) is 0 Å². The van der Waals surface area contributed by atoms with Crippen LogP contribution in [-0.4, -0.2) is 52.6 Å². The summed E-state index contributed by atoms with van der Waals surface area (Å²) in [7, 11) is 3.20. The molecule has 0 N–H and O–H groups in total. The monoisotopic (exact) mass is 459 g/mol. The van der Waals surface area contributed by atoms with E-state index in [2.05, 4.69) is 19.9 Å². The number of ether oxygens (including phenoxy) is 2. The Balaban J connectivity index is 1.43. The van der Waals surface area contributed by atoms with Crippen LogP contribution in [-0.2, 0) is 0 Å². The predicted molar refractivity (Wildman–Crippen MR) is 129 cm³/mol. The molecular weight excluding hydrogens is 434 g/mol. The Morgan fingerprint density at radius 3 is 2.38 bits per heavy atom. The van der Waals surface area contributed by atoms with E-state index in [1.807, 2.05) is 12.1 Å². The second-order valence-electron chi connectivity index (χ2n) is 8.38. The first kappa shape index (κ1) is 21.8. The second kappa shape index (κ2) is 8.74. The fraction of sp³-hybridized carbons (Fsp3) is 0.320. The summed E-state index contributed by atoms with van der Waals surface area (Å²) in [4.78, 5) is 40.6. The van der Waals surface area contributed by atoms with Gasteiger partial charge in [-0.1, -0.05) is 0 Å². The number of nitrogens with zero attached hydrogens (tertiary/aromatic N) is 5. The maximum absolute atomic E-state index is 13.2. The molecule has 1 saturated heterocycles. The molecule has 2 aromatic heterocycles. The minimum Gasteiger partial charge on any atom is -0.493 e. The molecule has 0 unspecified atom stereocenters. The van der Waals surface area contributed by atoms with Crippen molar-refractivity contribution < 1.29 is 14.3 Å². The molecule has 9 nitrogen and oxygen atoms in total. The summed E-state index contributed by atoms with van der Waals surface area (Å²) in [5, 5.41) is 1.36. The number of rotatable bonds is 5. The van der Waals surface area contributed by atoms with E-state index in [0.29, 0.717) is 28.0 Å². The summed E-state index contributed by atoms with van der Waals surface area (Å²) >= 11 is 0. The molecule has 1 aliphatic heterocycles. The number of aromatic nitrogens is 4. The number of carbonyl (C=O) groups excluding carboxylic acids is 1. The smallest absolute Gasteiger partial charge is 0.261 e. The minimum atomic E-state index is -0.115. The molecule has 2 aromatic carbocycles. The summed E-state index contributed by atoms with van der Waals surface area (Å²) in [5.74, 6) is 2.00. The summed E-state index contributed by atoms with van der Waals surface area (Å²) < 4.78 is 12.6. The zero-order chi connectivity index (χ0) is 23.8. The van der Waals surface area contributed by atoms with Crippen LogP contribution >= 0.6 is 0 Å². The van der Waals surface area contributed by atoms with Gasteiger partial charge in [0.2, 0.25) is 0 Å². The summed E-state index contributed by atoms with van der Waals surface area (Å²) in [6.45, 7) is 2.94. The van der Waals surface area contributed by atoms with E-state index in [-0.39, 0.29) is 17.4 Å². The van der Waals surface area contributed by atoms with E-state index in [1.165, 1.54) is 6.92 Å². The average molecular weight is 460 g/mol. The average Bonchev–Trinajstić information content (AvgIpc) is 2.87. The number of hydrogen-bond acceptors (Lipinski definition) is 8. The molecule has 0 aliphatic carbocycles. The van der Waals surface area contributed by atoms with Crippen molar-refractivity contribution in [1.82, 2.24) is 19.5 Å². The largest absolute Gasteiger partial charge is 0.493 e. The Labute approximate surface area is 196 Å². The van der Waals surface area contributed by atoms with Crippen LogP contribution in [0.15, 0.2) is 47.8 Å². The molecule has 0 radical (unpaired) electrons. The van der Waals surface area contributed by atoms with Crippen molar-refractivity contribution in [1.29, 1.82) is 0 Å². The van der Waals surface area contributed by atoms with Gasteiger partial charge in [-0.25, -0.2) is 15.0 Å². The van der Waals surface area contributed by atoms with Crippen LogP contribution in [0.5, 0.6) is 11.5 Å². The highest BCUT2D eigenvalue weighted by Crippen LogP contribution is 2.36. The standard InChI is InChI=1S/C25H25N5O4/c1-15(31)16-4-5-20-19(10-16)25(32)30(14-28-20)17-6-8-29(9-7-17)24-18-11-22(33-2)23(34-3)12-21(18)26-13-27-24/h4-5,10-14,17H,6-9H2,1-3H3. The Bertz CT molecular complexity index is 1460. The number of methoxy groups -OCH3 is 2. The van der Waals surface area contributed by atoms with E-state index in [9.17, 15) is 9.59 Å². The van der Waals surface area contributed by atoms with Crippen LogP contribution in [0.3, 0.4) is 0 Å². The number of piperidine rings is 1. The van der Waals surface area contributed by atoms with Gasteiger partial charge in [-0.3, -0.25) is 14.2 Å². The van der Waals surface area contributed by atoms with Crippen LogP contribution in [0.25, 0.3) is 21.8 Å². The highest BCUT2D eigenvalue weighted by molar-refractivity contribution is 5.97. The molecule has 9 heteroatoms. The van der Waals surface area contributed by atoms with Crippen LogP contribution in [0, 0.1) is 0 Å². The highest BCUT2D eigenvalue weighted by Gasteiger charge is 2.25. The molecule has 0 bridgehead atoms. The summed E-state index contributed by atoms with van der Waals surface area (Å²) in [5.41, 5.74) is 1.78. The highest BCUT2D eigenvalue weighted by atomic mass is 16.5. The number of ketones is 1. The minimum absolute atomic E-state index is 0.0179. The van der Waals surface area contributed by atoms with Crippen molar-refractivity contribution in [2.75, 3.05) is 32.2 Å². The van der Waals surface area contributed by atoms with Gasteiger partial charge >= 0.3 is 0 Å². The number of anilines is 1. The number of fused-ring (bicyclic) bond motifs is 2. The zero-order valence-electron chi connectivity index (χ0n) is 19.3. The first-order valence-corrected chi connectivity index (χ1v) is 11.1. The maximum atomic E-state index is 13.2. The number of hydrogen-bond donors (Lipinski definition) is 0. The van der Waals surface area contributed by atoms with Crippen molar-refractivity contribution in [3.63, 3.8) is 0 Å². The maximum Gasteiger partial charge on any atom is 0.261 e. The molecule has 4 aromatic rings. The Morgan fingerprint density at radius 1 is 0.941 bits per heavy atom. The third-order valence-corrected chi connectivity index (χ3v) is 6.47. The number of carbonyl (C=O) groups is 1. The van der Waals surface area contributed by atoms with Crippen molar-refractivity contribution in [2.45, 2.75) is 25.8 Å². The first-order valence-electron chi connectivity index (χ1n) is 11.1. The van der Waals surface area contributed by atoms with Crippen molar-refractivity contribution in [3.05, 3.63) is 58.9 Å². The second-order valence-corrected chi connectivity index (χ2v) is 8.38. The summed E-state index contributed by atoms with van der Waals surface area (Å²) in [6.07, 6.45) is 4.70. The Kier molecular flexibility index (Phi) is 5.61. The topological polar surface area (TPSA) is 99.4 Å². The first-order chi connectivity index (χ1) is 16.5. The molecule has 1 fully saturated rings. The molecule has 0 amide bonds. The van der Waals surface area contributed by atoms with Crippen molar-refractivity contribution in [2.24, 2.45) is 0 Å². The quantitative estimate of drug-likeness (QED) is 0.419. The van der Waals surface area contributed by atoms with Crippen molar-refractivity contribution in [3.8, 4) is 11.5 Å². The number of benzene rings is 2. The third-order valence-electron chi connectivity index (χ3n) is 6.47. The van der Waals surface area contributed by atoms with Gasteiger partial charge in [-0.05, 0) is 44.0 Å². The molecule has 5 rings (SSSR count). The Hall–Kier alpha value is -4.01. The van der Waals surface area contributed by atoms with Gasteiger partial charge in [-0.2, -0.15) is 0 Å². The fourth-order valence-corrected chi connectivity index (χ4v) is 4.59. The van der Waals surface area contributed by atoms with Gasteiger partial charge in [-0.15, -0.1) is 0 Å². The van der Waals surface area contributed by atoms with Gasteiger partial charge in [0, 0.05) is 36.1 Å². The van der Waals surface area contributed by atoms with Crippen molar-refractivity contribution >= 4 is 33.4 Å². The lowest BCUT2D eigenvalue weighted by atomic mass is 10.0. The SMILES string of the molecule is COc1cc2ncnc(N3CCC(n4cnc5ccc(C(C)=O)cc5c4=O)CC3)c2cc1OC.